The van der Waals surface area contributed by atoms with Gasteiger partial charge in [-0.1, -0.05) is 18.2 Å². The molecular formula is C16H22ClN3O4. The molecule has 1 aliphatic heterocycles. The topological polar surface area (TPSA) is 89.9 Å². The lowest BCUT2D eigenvalue weighted by Crippen LogP contribution is -2.53. The predicted molar refractivity (Wildman–Crippen MR) is 92.3 cm³/mol. The van der Waals surface area contributed by atoms with Crippen LogP contribution in [0.1, 0.15) is 12.8 Å². The van der Waals surface area contributed by atoms with Gasteiger partial charge in [-0.15, -0.1) is 12.4 Å². The Bertz CT molecular complexity index is 582. The largest absolute Gasteiger partial charge is 0.480 e. The number of para-hydroxylation sites is 1. The molecule has 0 aliphatic carbocycles. The first kappa shape index (κ1) is 19.9. The first-order valence-corrected chi connectivity index (χ1v) is 7.54. The number of likely N-dealkylation sites (N-methyl/N-ethyl adjacent to an activating group) is 1. The number of amides is 2. The molecule has 132 valence electrons. The summed E-state index contributed by atoms with van der Waals surface area (Å²) in [6.45, 7) is 0.242. The van der Waals surface area contributed by atoms with Crippen molar-refractivity contribution >= 4 is 35.9 Å². The number of nitrogens with zero attached hydrogens (tertiary/aromatic N) is 2. The molecule has 1 fully saturated rings. The third kappa shape index (κ3) is 5.21. The van der Waals surface area contributed by atoms with Gasteiger partial charge in [0, 0.05) is 12.2 Å². The Kier molecular flexibility index (Phi) is 7.67. The summed E-state index contributed by atoms with van der Waals surface area (Å²) in [4.78, 5) is 38.3. The van der Waals surface area contributed by atoms with Crippen LogP contribution in [0, 0.1) is 0 Å². The fourth-order valence-electron chi connectivity index (χ4n) is 2.70. The summed E-state index contributed by atoms with van der Waals surface area (Å²) < 4.78 is 0. The average Bonchev–Trinajstić information content (AvgIpc) is 2.54. The molecule has 0 aromatic heterocycles. The van der Waals surface area contributed by atoms with Crippen LogP contribution < -0.4 is 10.2 Å². The van der Waals surface area contributed by atoms with Crippen molar-refractivity contribution in [1.82, 2.24) is 10.2 Å². The Balaban J connectivity index is 0.00000288. The lowest BCUT2D eigenvalue weighted by Gasteiger charge is -2.36. The maximum atomic E-state index is 12.7. The second-order valence-corrected chi connectivity index (χ2v) is 5.57. The van der Waals surface area contributed by atoms with Crippen LogP contribution in [-0.4, -0.2) is 60.5 Å². The highest BCUT2D eigenvalue weighted by Gasteiger charge is 2.32. The van der Waals surface area contributed by atoms with Crippen molar-refractivity contribution in [3.63, 3.8) is 0 Å². The van der Waals surface area contributed by atoms with E-state index >= 15 is 0 Å². The molecule has 0 bridgehead atoms. The van der Waals surface area contributed by atoms with Gasteiger partial charge in [0.2, 0.25) is 11.8 Å². The molecule has 1 heterocycles. The van der Waals surface area contributed by atoms with Crippen LogP contribution in [0.4, 0.5) is 5.69 Å². The first-order valence-electron chi connectivity index (χ1n) is 7.54. The molecule has 1 aliphatic rings. The van der Waals surface area contributed by atoms with Crippen LogP contribution >= 0.6 is 12.4 Å². The fraction of sp³-hybridized carbons (Fsp3) is 0.438. The number of piperidine rings is 1. The summed E-state index contributed by atoms with van der Waals surface area (Å²) >= 11 is 0. The van der Waals surface area contributed by atoms with Crippen molar-refractivity contribution in [3.05, 3.63) is 30.3 Å². The van der Waals surface area contributed by atoms with Gasteiger partial charge in [0.1, 0.15) is 6.54 Å². The Labute approximate surface area is 147 Å². The van der Waals surface area contributed by atoms with E-state index in [0.29, 0.717) is 13.0 Å². The second kappa shape index (κ2) is 9.24. The summed E-state index contributed by atoms with van der Waals surface area (Å²) in [6.07, 6.45) is 1.54. The Morgan fingerprint density at radius 1 is 1.33 bits per heavy atom. The zero-order valence-electron chi connectivity index (χ0n) is 13.5. The van der Waals surface area contributed by atoms with Crippen molar-refractivity contribution in [1.29, 1.82) is 0 Å². The van der Waals surface area contributed by atoms with Crippen molar-refractivity contribution in [2.24, 2.45) is 0 Å². The summed E-state index contributed by atoms with van der Waals surface area (Å²) in [5, 5.41) is 10.9. The molecule has 1 saturated heterocycles. The van der Waals surface area contributed by atoms with Crippen molar-refractivity contribution in [2.75, 3.05) is 31.6 Å². The third-order valence-electron chi connectivity index (χ3n) is 3.84. The second-order valence-electron chi connectivity index (χ2n) is 5.57. The zero-order chi connectivity index (χ0) is 16.8. The fourth-order valence-corrected chi connectivity index (χ4v) is 2.70. The van der Waals surface area contributed by atoms with Gasteiger partial charge < -0.3 is 15.3 Å². The van der Waals surface area contributed by atoms with Gasteiger partial charge in [0.15, 0.2) is 0 Å². The number of aliphatic carboxylic acids is 1. The Morgan fingerprint density at radius 2 is 2.00 bits per heavy atom. The lowest BCUT2D eigenvalue weighted by molar-refractivity contribution is -0.138. The molecule has 2 N–H and O–H groups in total. The van der Waals surface area contributed by atoms with E-state index in [4.69, 9.17) is 5.11 Å². The van der Waals surface area contributed by atoms with Gasteiger partial charge in [-0.25, -0.2) is 0 Å². The minimum atomic E-state index is -1.09. The molecule has 0 saturated carbocycles. The van der Waals surface area contributed by atoms with Crippen molar-refractivity contribution in [3.8, 4) is 0 Å². The average molecular weight is 356 g/mol. The number of benzene rings is 1. The SMILES string of the molecule is CN(CC(=O)NCC(=O)O)C1CCCN(c2ccccc2)C1=O.Cl. The van der Waals surface area contributed by atoms with E-state index in [1.54, 1.807) is 16.8 Å². The van der Waals surface area contributed by atoms with Gasteiger partial charge in [0.05, 0.1) is 12.6 Å². The first-order chi connectivity index (χ1) is 11.0. The number of carbonyl (C=O) groups is 3. The van der Waals surface area contributed by atoms with E-state index in [9.17, 15) is 14.4 Å². The van der Waals surface area contributed by atoms with Gasteiger partial charge in [-0.05, 0) is 32.0 Å². The standard InChI is InChI=1S/C16H21N3O4.ClH/c1-18(11-14(20)17-10-15(21)22)13-8-5-9-19(16(13)23)12-6-3-2-4-7-12;/h2-4,6-7,13H,5,8-11H2,1H3,(H,17,20)(H,21,22);1H. The summed E-state index contributed by atoms with van der Waals surface area (Å²) in [7, 11) is 1.71. The number of hydrogen-bond donors (Lipinski definition) is 2. The number of rotatable bonds is 6. The van der Waals surface area contributed by atoms with Gasteiger partial charge >= 0.3 is 5.97 Å². The molecule has 24 heavy (non-hydrogen) atoms. The third-order valence-corrected chi connectivity index (χ3v) is 3.84. The normalized spacial score (nSPS) is 17.3. The molecule has 8 heteroatoms. The molecule has 0 spiro atoms. The maximum Gasteiger partial charge on any atom is 0.322 e. The highest BCUT2D eigenvalue weighted by atomic mass is 35.5. The molecule has 7 nitrogen and oxygen atoms in total. The van der Waals surface area contributed by atoms with Gasteiger partial charge in [-0.3, -0.25) is 19.3 Å². The van der Waals surface area contributed by atoms with E-state index in [-0.39, 0.29) is 30.9 Å². The van der Waals surface area contributed by atoms with Crippen LogP contribution in [0.25, 0.3) is 0 Å². The Hall–Kier alpha value is -2.12. The van der Waals surface area contributed by atoms with E-state index in [0.717, 1.165) is 12.1 Å². The molecule has 1 aromatic rings. The number of carboxylic acids is 1. The maximum absolute atomic E-state index is 12.7. The Morgan fingerprint density at radius 3 is 2.62 bits per heavy atom. The van der Waals surface area contributed by atoms with Crippen LogP contribution in [0.2, 0.25) is 0 Å². The monoisotopic (exact) mass is 355 g/mol. The van der Waals surface area contributed by atoms with Gasteiger partial charge in [0.25, 0.3) is 0 Å². The van der Waals surface area contributed by atoms with Crippen LogP contribution in [0.3, 0.4) is 0 Å². The smallest absolute Gasteiger partial charge is 0.322 e. The highest BCUT2D eigenvalue weighted by molar-refractivity contribution is 5.98. The molecule has 1 unspecified atom stereocenters. The van der Waals surface area contributed by atoms with Crippen molar-refractivity contribution < 1.29 is 19.5 Å². The number of halogens is 1. The summed E-state index contributed by atoms with van der Waals surface area (Å²) in [5.74, 6) is -1.53. The van der Waals surface area contributed by atoms with E-state index in [1.165, 1.54) is 0 Å². The molecule has 2 amide bonds. The highest BCUT2D eigenvalue weighted by Crippen LogP contribution is 2.22. The summed E-state index contributed by atoms with van der Waals surface area (Å²) in [5.41, 5.74) is 0.853. The molecule has 1 aromatic carbocycles. The molecule has 1 atom stereocenters. The zero-order valence-corrected chi connectivity index (χ0v) is 14.3. The van der Waals surface area contributed by atoms with E-state index in [2.05, 4.69) is 5.32 Å². The van der Waals surface area contributed by atoms with E-state index in [1.807, 2.05) is 30.3 Å². The van der Waals surface area contributed by atoms with Crippen LogP contribution in [0.15, 0.2) is 30.3 Å². The minimum absolute atomic E-state index is 0. The predicted octanol–water partition coefficient (Wildman–Crippen LogP) is 0.736. The number of hydrogen-bond acceptors (Lipinski definition) is 4. The van der Waals surface area contributed by atoms with Crippen molar-refractivity contribution in [2.45, 2.75) is 18.9 Å². The molecule has 0 radical (unpaired) electrons. The quantitative estimate of drug-likeness (QED) is 0.785. The number of carboxylic acid groups (broad SMARTS) is 1. The molecule has 2 rings (SSSR count). The molecular weight excluding hydrogens is 334 g/mol. The number of nitrogens with one attached hydrogen (secondary N) is 1. The van der Waals surface area contributed by atoms with E-state index < -0.39 is 18.4 Å². The number of anilines is 1. The summed E-state index contributed by atoms with van der Waals surface area (Å²) in [6, 6.07) is 9.07. The lowest BCUT2D eigenvalue weighted by atomic mass is 10.0. The minimum Gasteiger partial charge on any atom is -0.480 e. The number of carbonyl (C=O) groups excluding carboxylic acids is 2. The van der Waals surface area contributed by atoms with Crippen LogP contribution in [0.5, 0.6) is 0 Å². The van der Waals surface area contributed by atoms with Gasteiger partial charge in [-0.2, -0.15) is 0 Å². The van der Waals surface area contributed by atoms with Crippen LogP contribution in [-0.2, 0) is 14.4 Å².